The number of nitrogens with zero attached hydrogens (tertiary/aromatic N) is 2. The lowest BCUT2D eigenvalue weighted by atomic mass is 10.1. The molecule has 0 aromatic heterocycles. The van der Waals surface area contributed by atoms with Crippen molar-refractivity contribution in [2.45, 2.75) is 12.5 Å². The van der Waals surface area contributed by atoms with Crippen molar-refractivity contribution in [3.63, 3.8) is 0 Å². The van der Waals surface area contributed by atoms with Gasteiger partial charge in [-0.2, -0.15) is 5.26 Å². The Morgan fingerprint density at radius 1 is 1.47 bits per heavy atom. The number of carbonyl (C=O) groups is 1. The Hall–Kier alpha value is -0.950. The van der Waals surface area contributed by atoms with E-state index in [0.717, 1.165) is 7.14 Å². The van der Waals surface area contributed by atoms with Crippen LogP contribution in [-0.2, 0) is 0 Å². The first-order chi connectivity index (χ1) is 9.10. The molecule has 0 spiro atoms. The van der Waals surface area contributed by atoms with Crippen LogP contribution in [-0.4, -0.2) is 18.2 Å². The number of hydrogen-bond acceptors (Lipinski definition) is 3. The van der Waals surface area contributed by atoms with Crippen molar-refractivity contribution in [3.8, 4) is 6.07 Å². The fourth-order valence-electron chi connectivity index (χ4n) is 1.56. The Morgan fingerprint density at radius 3 is 2.89 bits per heavy atom. The van der Waals surface area contributed by atoms with E-state index in [4.69, 9.17) is 5.26 Å². The molecule has 2 rings (SSSR count). The van der Waals surface area contributed by atoms with E-state index < -0.39 is 0 Å². The average Bonchev–Trinajstić information content (AvgIpc) is 2.42. The Balaban J connectivity index is 2.11. The van der Waals surface area contributed by atoms with Gasteiger partial charge in [0, 0.05) is 19.8 Å². The monoisotopic (exact) mass is 477 g/mol. The molecule has 19 heavy (non-hydrogen) atoms. The standard InChI is InChI=1S/C13H9I2N3O/c14-8-1-4-12(15)11(5-8)13(19)18-10-3-2-9(6-16)17-7-10/h1,3-5,7,9H,2H2,(H,18,19). The van der Waals surface area contributed by atoms with Gasteiger partial charge in [0.1, 0.15) is 6.04 Å². The second kappa shape index (κ2) is 6.47. The summed E-state index contributed by atoms with van der Waals surface area (Å²) in [5, 5.41) is 11.5. The van der Waals surface area contributed by atoms with Crippen LogP contribution in [0.2, 0.25) is 0 Å². The fraction of sp³-hybridized carbons (Fsp3) is 0.154. The van der Waals surface area contributed by atoms with E-state index in [0.29, 0.717) is 17.7 Å². The van der Waals surface area contributed by atoms with Crippen molar-refractivity contribution >= 4 is 57.3 Å². The van der Waals surface area contributed by atoms with Crippen LogP contribution in [0.4, 0.5) is 0 Å². The number of nitrogens with one attached hydrogen (secondary N) is 1. The summed E-state index contributed by atoms with van der Waals surface area (Å²) in [5.41, 5.74) is 1.29. The van der Waals surface area contributed by atoms with Crippen molar-refractivity contribution < 1.29 is 4.79 Å². The molecule has 0 saturated carbocycles. The van der Waals surface area contributed by atoms with Crippen molar-refractivity contribution in [2.24, 2.45) is 4.99 Å². The maximum atomic E-state index is 12.2. The molecule has 0 saturated heterocycles. The number of benzene rings is 1. The quantitative estimate of drug-likeness (QED) is 0.667. The number of dihydropyridines is 1. The molecular formula is C13H9I2N3O. The SMILES string of the molecule is N#CC1CC=C(NC(=O)c2cc(I)ccc2I)C=N1. The molecule has 1 aromatic rings. The van der Waals surface area contributed by atoms with Gasteiger partial charge in [-0.15, -0.1) is 0 Å². The Labute approximate surface area is 138 Å². The third-order valence-corrected chi connectivity index (χ3v) is 4.15. The molecule has 4 nitrogen and oxygen atoms in total. The Kier molecular flexibility index (Phi) is 4.93. The summed E-state index contributed by atoms with van der Waals surface area (Å²) >= 11 is 4.31. The zero-order valence-corrected chi connectivity index (χ0v) is 14.0. The zero-order chi connectivity index (χ0) is 13.8. The zero-order valence-electron chi connectivity index (χ0n) is 9.73. The molecular weight excluding hydrogens is 468 g/mol. The molecule has 1 N–H and O–H groups in total. The average molecular weight is 477 g/mol. The highest BCUT2D eigenvalue weighted by Crippen LogP contribution is 2.16. The van der Waals surface area contributed by atoms with E-state index in [1.165, 1.54) is 6.21 Å². The molecule has 1 amide bonds. The number of hydrogen-bond donors (Lipinski definition) is 1. The predicted molar refractivity (Wildman–Crippen MR) is 89.9 cm³/mol. The van der Waals surface area contributed by atoms with Gasteiger partial charge in [-0.25, -0.2) is 0 Å². The smallest absolute Gasteiger partial charge is 0.256 e. The number of carbonyl (C=O) groups excluding carboxylic acids is 1. The van der Waals surface area contributed by atoms with Crippen molar-refractivity contribution in [1.82, 2.24) is 5.32 Å². The van der Waals surface area contributed by atoms with Gasteiger partial charge in [-0.1, -0.05) is 6.08 Å². The summed E-state index contributed by atoms with van der Waals surface area (Å²) in [6.45, 7) is 0. The van der Waals surface area contributed by atoms with Gasteiger partial charge in [-0.3, -0.25) is 9.79 Å². The van der Waals surface area contributed by atoms with Crippen LogP contribution in [0.1, 0.15) is 16.8 Å². The first kappa shape index (κ1) is 14.5. The van der Waals surface area contributed by atoms with Crippen LogP contribution in [0, 0.1) is 18.5 Å². The summed E-state index contributed by atoms with van der Waals surface area (Å²) in [6, 6.07) is 7.44. The Bertz CT molecular complexity index is 617. The van der Waals surface area contributed by atoms with E-state index in [1.54, 1.807) is 0 Å². The van der Waals surface area contributed by atoms with E-state index in [1.807, 2.05) is 24.3 Å². The molecule has 0 radical (unpaired) electrons. The van der Waals surface area contributed by atoms with E-state index in [9.17, 15) is 4.79 Å². The van der Waals surface area contributed by atoms with Crippen molar-refractivity contribution in [2.75, 3.05) is 0 Å². The summed E-state index contributed by atoms with van der Waals surface area (Å²) in [5.74, 6) is -0.156. The molecule has 1 atom stereocenters. The number of halogens is 2. The van der Waals surface area contributed by atoms with Crippen LogP contribution in [0.5, 0.6) is 0 Å². The second-order valence-electron chi connectivity index (χ2n) is 3.90. The van der Waals surface area contributed by atoms with Crippen LogP contribution in [0.25, 0.3) is 0 Å². The molecule has 1 aliphatic heterocycles. The van der Waals surface area contributed by atoms with Crippen molar-refractivity contribution in [1.29, 1.82) is 5.26 Å². The highest BCUT2D eigenvalue weighted by atomic mass is 127. The highest BCUT2D eigenvalue weighted by molar-refractivity contribution is 14.1. The third-order valence-electron chi connectivity index (χ3n) is 2.53. The lowest BCUT2D eigenvalue weighted by molar-refractivity contribution is 0.0967. The Morgan fingerprint density at radius 2 is 2.26 bits per heavy atom. The molecule has 1 heterocycles. The molecule has 1 aliphatic rings. The van der Waals surface area contributed by atoms with Crippen LogP contribution < -0.4 is 5.32 Å². The summed E-state index contributed by atoms with van der Waals surface area (Å²) in [4.78, 5) is 16.2. The third kappa shape index (κ3) is 3.76. The normalized spacial score (nSPS) is 17.5. The van der Waals surface area contributed by atoms with E-state index in [2.05, 4.69) is 61.6 Å². The van der Waals surface area contributed by atoms with Crippen LogP contribution in [0.3, 0.4) is 0 Å². The topological polar surface area (TPSA) is 65.2 Å². The lowest BCUT2D eigenvalue weighted by Gasteiger charge is -2.12. The number of allylic oxidation sites excluding steroid dienone is 1. The first-order valence-corrected chi connectivity index (χ1v) is 7.65. The largest absolute Gasteiger partial charge is 0.321 e. The maximum absolute atomic E-state index is 12.2. The highest BCUT2D eigenvalue weighted by Gasteiger charge is 2.14. The fourth-order valence-corrected chi connectivity index (χ4v) is 2.63. The number of aliphatic imine (C=N–C) groups is 1. The molecule has 0 fully saturated rings. The number of rotatable bonds is 2. The predicted octanol–water partition coefficient (Wildman–Crippen LogP) is 2.88. The number of nitriles is 1. The van der Waals surface area contributed by atoms with Gasteiger partial charge in [0.15, 0.2) is 0 Å². The molecule has 1 aromatic carbocycles. The van der Waals surface area contributed by atoms with Crippen LogP contribution >= 0.6 is 45.2 Å². The minimum Gasteiger partial charge on any atom is -0.321 e. The minimum absolute atomic E-state index is 0.156. The second-order valence-corrected chi connectivity index (χ2v) is 6.30. The van der Waals surface area contributed by atoms with Gasteiger partial charge in [-0.05, 0) is 63.4 Å². The van der Waals surface area contributed by atoms with Gasteiger partial charge in [0.05, 0.1) is 17.3 Å². The summed E-state index contributed by atoms with van der Waals surface area (Å²) < 4.78 is 1.91. The van der Waals surface area contributed by atoms with Crippen LogP contribution in [0.15, 0.2) is 35.0 Å². The minimum atomic E-state index is -0.335. The van der Waals surface area contributed by atoms with Gasteiger partial charge >= 0.3 is 0 Å². The van der Waals surface area contributed by atoms with Gasteiger partial charge < -0.3 is 5.32 Å². The summed E-state index contributed by atoms with van der Waals surface area (Å²) in [6.07, 6.45) is 3.89. The molecule has 1 unspecified atom stereocenters. The molecule has 96 valence electrons. The van der Waals surface area contributed by atoms with E-state index >= 15 is 0 Å². The maximum Gasteiger partial charge on any atom is 0.256 e. The van der Waals surface area contributed by atoms with Crippen molar-refractivity contribution in [3.05, 3.63) is 42.7 Å². The number of amides is 1. The molecule has 0 aliphatic carbocycles. The first-order valence-electron chi connectivity index (χ1n) is 5.49. The molecule has 0 bridgehead atoms. The van der Waals surface area contributed by atoms with E-state index in [-0.39, 0.29) is 11.9 Å². The lowest BCUT2D eigenvalue weighted by Crippen LogP contribution is -2.26. The van der Waals surface area contributed by atoms with Gasteiger partial charge in [0.25, 0.3) is 5.91 Å². The van der Waals surface area contributed by atoms with Gasteiger partial charge in [0.2, 0.25) is 0 Å². The molecule has 6 heteroatoms. The summed E-state index contributed by atoms with van der Waals surface area (Å²) in [7, 11) is 0.